The van der Waals surface area contributed by atoms with Crippen molar-refractivity contribution < 1.29 is 4.42 Å². The highest BCUT2D eigenvalue weighted by atomic mass is 16.3. The third kappa shape index (κ3) is 4.53. The van der Waals surface area contributed by atoms with Gasteiger partial charge in [-0.3, -0.25) is 0 Å². The predicted octanol–water partition coefficient (Wildman–Crippen LogP) is 14.7. The van der Waals surface area contributed by atoms with Gasteiger partial charge in [-0.1, -0.05) is 176 Å². The second-order valence-corrected chi connectivity index (χ2v) is 15.2. The topological polar surface area (TPSA) is 16.4 Å². The van der Waals surface area contributed by atoms with Crippen LogP contribution in [0.25, 0.3) is 66.4 Å². The first kappa shape index (κ1) is 31.9. The summed E-state index contributed by atoms with van der Waals surface area (Å²) in [5.41, 5.74) is 19.8. The lowest BCUT2D eigenvalue weighted by Gasteiger charge is -2.32. The van der Waals surface area contributed by atoms with Crippen molar-refractivity contribution in [3.05, 3.63) is 235 Å². The van der Waals surface area contributed by atoms with Gasteiger partial charge in [0, 0.05) is 33.3 Å². The van der Waals surface area contributed by atoms with Crippen molar-refractivity contribution in [3.8, 4) is 44.5 Å². The van der Waals surface area contributed by atoms with Crippen molar-refractivity contribution >= 4 is 39.0 Å². The fourth-order valence-electron chi connectivity index (χ4n) is 9.94. The summed E-state index contributed by atoms with van der Waals surface area (Å²) in [6, 6.07) is 77.5. The summed E-state index contributed by atoms with van der Waals surface area (Å²) in [5, 5.41) is 2.27. The van der Waals surface area contributed by atoms with E-state index < -0.39 is 5.41 Å². The minimum atomic E-state index is -0.436. The predicted molar refractivity (Wildman–Crippen MR) is 236 cm³/mol. The highest BCUT2D eigenvalue weighted by Crippen LogP contribution is 2.63. The number of fused-ring (bicyclic) bond motifs is 13. The molecule has 0 atom stereocenters. The van der Waals surface area contributed by atoms with Crippen molar-refractivity contribution in [1.29, 1.82) is 0 Å². The largest absolute Gasteiger partial charge is 0.455 e. The van der Waals surface area contributed by atoms with E-state index in [0.29, 0.717) is 0 Å². The van der Waals surface area contributed by atoms with Crippen LogP contribution in [0.3, 0.4) is 0 Å². The van der Waals surface area contributed by atoms with Gasteiger partial charge in [-0.05, 0) is 92.0 Å². The Balaban J connectivity index is 1.08. The fraction of sp³-hybridized carbons (Fsp3) is 0.0182. The zero-order valence-electron chi connectivity index (χ0n) is 31.1. The van der Waals surface area contributed by atoms with E-state index in [2.05, 4.69) is 205 Å². The van der Waals surface area contributed by atoms with Gasteiger partial charge in [0.2, 0.25) is 0 Å². The summed E-state index contributed by atoms with van der Waals surface area (Å²) in [6.07, 6.45) is 0. The van der Waals surface area contributed by atoms with Crippen LogP contribution in [-0.4, -0.2) is 0 Å². The van der Waals surface area contributed by atoms with Gasteiger partial charge in [0.1, 0.15) is 11.2 Å². The molecule has 2 heteroatoms. The van der Waals surface area contributed by atoms with Crippen LogP contribution >= 0.6 is 0 Å². The fourth-order valence-corrected chi connectivity index (χ4v) is 9.94. The Morgan fingerprint density at radius 2 is 0.842 bits per heavy atom. The first-order valence-electron chi connectivity index (χ1n) is 19.7. The molecule has 9 aromatic carbocycles. The van der Waals surface area contributed by atoms with Crippen LogP contribution in [0.2, 0.25) is 0 Å². The van der Waals surface area contributed by atoms with Gasteiger partial charge >= 0.3 is 0 Å². The van der Waals surface area contributed by atoms with Crippen LogP contribution in [0.4, 0.5) is 17.1 Å². The number of para-hydroxylation sites is 3. The van der Waals surface area contributed by atoms with Gasteiger partial charge in [-0.15, -0.1) is 0 Å². The molecule has 0 saturated carbocycles. The molecule has 12 rings (SSSR count). The number of hydrogen-bond donors (Lipinski definition) is 0. The van der Waals surface area contributed by atoms with E-state index in [1.54, 1.807) is 0 Å². The number of nitrogens with zero attached hydrogens (tertiary/aromatic N) is 1. The summed E-state index contributed by atoms with van der Waals surface area (Å²) in [7, 11) is 0. The van der Waals surface area contributed by atoms with E-state index in [0.717, 1.165) is 50.1 Å². The molecule has 2 aliphatic carbocycles. The Morgan fingerprint density at radius 3 is 1.54 bits per heavy atom. The van der Waals surface area contributed by atoms with E-state index in [1.165, 1.54) is 55.6 Å². The van der Waals surface area contributed by atoms with Crippen molar-refractivity contribution in [2.24, 2.45) is 0 Å². The average molecular weight is 726 g/mol. The Morgan fingerprint density at radius 1 is 0.333 bits per heavy atom. The molecule has 0 saturated heterocycles. The molecule has 1 aromatic heterocycles. The minimum Gasteiger partial charge on any atom is -0.455 e. The second kappa shape index (κ2) is 12.3. The third-order valence-corrected chi connectivity index (χ3v) is 12.3. The zero-order valence-corrected chi connectivity index (χ0v) is 31.1. The monoisotopic (exact) mass is 725 g/mol. The van der Waals surface area contributed by atoms with Crippen LogP contribution in [0.15, 0.2) is 217 Å². The molecule has 0 amide bonds. The SMILES string of the molecule is c1ccc(-c2ccccc2N(c2ccc(-c3cccc4c3oc3ccccc34)cc2)c2ccc3c(c2)C2(c4ccccc4-c4ccccc42)c2ccccc2-3)cc1. The van der Waals surface area contributed by atoms with E-state index in [4.69, 9.17) is 4.42 Å². The van der Waals surface area contributed by atoms with Crippen LogP contribution in [0, 0.1) is 0 Å². The molecule has 0 bridgehead atoms. The lowest BCUT2D eigenvalue weighted by molar-refractivity contribution is 0.670. The van der Waals surface area contributed by atoms with Crippen molar-refractivity contribution in [2.75, 3.05) is 4.90 Å². The van der Waals surface area contributed by atoms with E-state index >= 15 is 0 Å². The van der Waals surface area contributed by atoms with Gasteiger partial charge in [-0.25, -0.2) is 0 Å². The first-order valence-corrected chi connectivity index (χ1v) is 19.7. The quantitative estimate of drug-likeness (QED) is 0.176. The van der Waals surface area contributed by atoms with Crippen LogP contribution in [0.5, 0.6) is 0 Å². The second-order valence-electron chi connectivity index (χ2n) is 15.2. The van der Waals surface area contributed by atoms with Gasteiger partial charge in [0.05, 0.1) is 11.1 Å². The molecule has 1 heterocycles. The molecule has 10 aromatic rings. The molecule has 2 nitrogen and oxygen atoms in total. The number of rotatable bonds is 5. The third-order valence-electron chi connectivity index (χ3n) is 12.3. The van der Waals surface area contributed by atoms with E-state index in [1.807, 2.05) is 12.1 Å². The minimum absolute atomic E-state index is 0.436. The average Bonchev–Trinajstić information content (AvgIpc) is 3.91. The van der Waals surface area contributed by atoms with Crippen molar-refractivity contribution in [3.63, 3.8) is 0 Å². The molecule has 57 heavy (non-hydrogen) atoms. The van der Waals surface area contributed by atoms with Crippen molar-refractivity contribution in [1.82, 2.24) is 0 Å². The number of hydrogen-bond acceptors (Lipinski definition) is 2. The molecule has 0 fully saturated rings. The Labute approximate surface area is 331 Å². The Hall–Kier alpha value is -7.42. The molecule has 2 aliphatic rings. The summed E-state index contributed by atoms with van der Waals surface area (Å²) in [6.45, 7) is 0. The molecule has 0 N–H and O–H groups in total. The molecule has 1 spiro atoms. The van der Waals surface area contributed by atoms with E-state index in [9.17, 15) is 0 Å². The lowest BCUT2D eigenvalue weighted by atomic mass is 9.70. The molecular formula is C55H35NO. The van der Waals surface area contributed by atoms with Crippen LogP contribution in [-0.2, 0) is 5.41 Å². The summed E-state index contributed by atoms with van der Waals surface area (Å²) in [4.78, 5) is 2.44. The van der Waals surface area contributed by atoms with Gasteiger partial charge in [0.15, 0.2) is 0 Å². The maximum absolute atomic E-state index is 6.47. The lowest BCUT2D eigenvalue weighted by Crippen LogP contribution is -2.26. The van der Waals surface area contributed by atoms with Gasteiger partial charge in [0.25, 0.3) is 0 Å². The maximum Gasteiger partial charge on any atom is 0.143 e. The molecule has 0 aliphatic heterocycles. The molecule has 0 unspecified atom stereocenters. The zero-order chi connectivity index (χ0) is 37.5. The van der Waals surface area contributed by atoms with Gasteiger partial charge < -0.3 is 9.32 Å². The smallest absolute Gasteiger partial charge is 0.143 e. The highest BCUT2D eigenvalue weighted by molar-refractivity contribution is 6.09. The molecular weight excluding hydrogens is 691 g/mol. The standard InChI is InChI=1S/C55H35NO/c1-2-15-36(16-3-1)40-17-7-12-27-52(40)56(38-31-29-37(30-32-38)41-22-14-23-47-46-21-8-13-28-53(46)57-54(41)47)39-33-34-45-44-20-6-11-26-50(44)55(51(45)35-39)48-24-9-4-18-42(48)43-19-5-10-25-49(43)55/h1-35H. The number of furan rings is 1. The molecule has 266 valence electrons. The molecule has 0 radical (unpaired) electrons. The summed E-state index contributed by atoms with van der Waals surface area (Å²) in [5.74, 6) is 0. The summed E-state index contributed by atoms with van der Waals surface area (Å²) >= 11 is 0. The Kier molecular flexibility index (Phi) is 6.88. The number of anilines is 3. The van der Waals surface area contributed by atoms with E-state index in [-0.39, 0.29) is 0 Å². The van der Waals surface area contributed by atoms with Crippen LogP contribution in [0.1, 0.15) is 22.3 Å². The first-order chi connectivity index (χ1) is 28.3. The van der Waals surface area contributed by atoms with Gasteiger partial charge in [-0.2, -0.15) is 0 Å². The number of benzene rings is 9. The highest BCUT2D eigenvalue weighted by Gasteiger charge is 2.51. The van der Waals surface area contributed by atoms with Crippen LogP contribution < -0.4 is 4.90 Å². The summed E-state index contributed by atoms with van der Waals surface area (Å²) < 4.78 is 6.47. The Bertz CT molecular complexity index is 3130. The normalized spacial score (nSPS) is 13.1. The maximum atomic E-state index is 6.47. The van der Waals surface area contributed by atoms with Crippen molar-refractivity contribution in [2.45, 2.75) is 5.41 Å².